The smallest absolute Gasteiger partial charge is 0.272 e. The lowest BCUT2D eigenvalue weighted by atomic mass is 10.2. The van der Waals surface area contributed by atoms with E-state index in [4.69, 9.17) is 44.3 Å². The van der Waals surface area contributed by atoms with Crippen LogP contribution in [0.3, 0.4) is 0 Å². The quantitative estimate of drug-likeness (QED) is 0.302. The molecule has 160 valence electrons. The van der Waals surface area contributed by atoms with Gasteiger partial charge in [-0.15, -0.1) is 0 Å². The third-order valence-corrected chi connectivity index (χ3v) is 4.94. The van der Waals surface area contributed by atoms with Crippen LogP contribution in [-0.4, -0.2) is 18.7 Å². The van der Waals surface area contributed by atoms with E-state index in [-0.39, 0.29) is 10.6 Å². The summed E-state index contributed by atoms with van der Waals surface area (Å²) in [5, 5.41) is 5.03. The maximum Gasteiger partial charge on any atom is 0.272 e. The highest BCUT2D eigenvalue weighted by molar-refractivity contribution is 6.36. The van der Waals surface area contributed by atoms with Gasteiger partial charge in [0, 0.05) is 5.02 Å². The highest BCUT2D eigenvalue weighted by atomic mass is 35.5. The lowest BCUT2D eigenvalue weighted by Crippen LogP contribution is -2.18. The lowest BCUT2D eigenvalue weighted by molar-refractivity contribution is 0.0955. The normalized spacial score (nSPS) is 10.8. The molecule has 1 N–H and O–H groups in total. The summed E-state index contributed by atoms with van der Waals surface area (Å²) in [5.74, 6) is 0.470. The van der Waals surface area contributed by atoms with Gasteiger partial charge in [-0.25, -0.2) is 5.43 Å². The minimum Gasteiger partial charge on any atom is -0.490 e. The van der Waals surface area contributed by atoms with E-state index >= 15 is 0 Å². The Kier molecular flexibility index (Phi) is 8.18. The van der Waals surface area contributed by atoms with Crippen LogP contribution in [0.25, 0.3) is 0 Å². The van der Waals surface area contributed by atoms with Crippen molar-refractivity contribution < 1.29 is 14.3 Å². The number of rotatable bonds is 8. The number of benzene rings is 3. The zero-order valence-electron chi connectivity index (χ0n) is 16.6. The van der Waals surface area contributed by atoms with Gasteiger partial charge in [0.15, 0.2) is 11.5 Å². The number of carbonyl (C=O) groups excluding carboxylic acids is 1. The average molecular weight is 478 g/mol. The first-order chi connectivity index (χ1) is 15.0. The Morgan fingerprint density at radius 1 is 1.00 bits per heavy atom. The number of halogens is 3. The molecule has 0 radical (unpaired) electrons. The van der Waals surface area contributed by atoms with Gasteiger partial charge in [0.1, 0.15) is 6.61 Å². The van der Waals surface area contributed by atoms with Crippen molar-refractivity contribution >= 4 is 46.9 Å². The van der Waals surface area contributed by atoms with Gasteiger partial charge in [0.25, 0.3) is 5.91 Å². The highest BCUT2D eigenvalue weighted by Crippen LogP contribution is 2.37. The highest BCUT2D eigenvalue weighted by Gasteiger charge is 2.13. The first-order valence-corrected chi connectivity index (χ1v) is 10.5. The second-order valence-electron chi connectivity index (χ2n) is 6.36. The van der Waals surface area contributed by atoms with Crippen molar-refractivity contribution in [3.8, 4) is 11.5 Å². The molecule has 0 aliphatic carbocycles. The molecule has 0 aliphatic heterocycles. The monoisotopic (exact) mass is 476 g/mol. The number of ether oxygens (including phenoxy) is 2. The molecule has 0 aromatic heterocycles. The van der Waals surface area contributed by atoms with Gasteiger partial charge in [-0.1, -0.05) is 65.1 Å². The Labute approximate surface area is 195 Å². The van der Waals surface area contributed by atoms with Gasteiger partial charge < -0.3 is 9.47 Å². The number of hydrogen-bond acceptors (Lipinski definition) is 4. The number of hydrogen-bond donors (Lipinski definition) is 1. The predicted octanol–water partition coefficient (Wildman–Crippen LogP) is 6.39. The molecule has 0 fully saturated rings. The Morgan fingerprint density at radius 2 is 1.77 bits per heavy atom. The molecule has 31 heavy (non-hydrogen) atoms. The van der Waals surface area contributed by atoms with Crippen LogP contribution in [0, 0.1) is 0 Å². The van der Waals surface area contributed by atoms with E-state index < -0.39 is 5.91 Å². The number of hydrazone groups is 1. The first-order valence-electron chi connectivity index (χ1n) is 9.39. The van der Waals surface area contributed by atoms with E-state index in [0.29, 0.717) is 40.3 Å². The van der Waals surface area contributed by atoms with Gasteiger partial charge in [-0.2, -0.15) is 5.10 Å². The van der Waals surface area contributed by atoms with Gasteiger partial charge in [-0.05, 0) is 48.4 Å². The van der Waals surface area contributed by atoms with Crippen LogP contribution in [0.2, 0.25) is 15.1 Å². The molecule has 0 saturated carbocycles. The molecule has 5 nitrogen and oxygen atoms in total. The SMILES string of the molecule is CCOc1cc(/C=N\NC(=O)c2ccc(Cl)cc2Cl)cc(Cl)c1OCc1ccccc1. The maximum absolute atomic E-state index is 12.3. The molecule has 8 heteroatoms. The number of nitrogens with zero attached hydrogens (tertiary/aromatic N) is 1. The molecular weight excluding hydrogens is 459 g/mol. The summed E-state index contributed by atoms with van der Waals surface area (Å²) < 4.78 is 11.6. The number of amides is 1. The van der Waals surface area contributed by atoms with Crippen molar-refractivity contribution in [1.82, 2.24) is 5.43 Å². The van der Waals surface area contributed by atoms with Crippen LogP contribution in [0.1, 0.15) is 28.4 Å². The second kappa shape index (κ2) is 11.0. The van der Waals surface area contributed by atoms with E-state index in [2.05, 4.69) is 10.5 Å². The largest absolute Gasteiger partial charge is 0.490 e. The first kappa shape index (κ1) is 22.9. The molecule has 0 bridgehead atoms. The molecule has 1 amide bonds. The molecule has 0 aliphatic rings. The number of carbonyl (C=O) groups is 1. The molecular formula is C23H19Cl3N2O3. The van der Waals surface area contributed by atoms with Crippen LogP contribution in [-0.2, 0) is 6.61 Å². The summed E-state index contributed by atoms with van der Waals surface area (Å²) in [5.41, 5.74) is 4.33. The molecule has 0 heterocycles. The number of nitrogens with one attached hydrogen (secondary N) is 1. The molecule has 0 spiro atoms. The topological polar surface area (TPSA) is 59.9 Å². The fourth-order valence-corrected chi connectivity index (χ4v) is 3.46. The van der Waals surface area contributed by atoms with Crippen LogP contribution < -0.4 is 14.9 Å². The average Bonchev–Trinajstić information content (AvgIpc) is 2.74. The minimum absolute atomic E-state index is 0.238. The third-order valence-electron chi connectivity index (χ3n) is 4.11. The van der Waals surface area contributed by atoms with Gasteiger partial charge >= 0.3 is 0 Å². The summed E-state index contributed by atoms with van der Waals surface area (Å²) in [6.45, 7) is 2.65. The van der Waals surface area contributed by atoms with E-state index in [1.165, 1.54) is 18.3 Å². The van der Waals surface area contributed by atoms with Gasteiger partial charge in [0.2, 0.25) is 0 Å². The Hall–Kier alpha value is -2.73. The van der Waals surface area contributed by atoms with E-state index in [0.717, 1.165) is 5.56 Å². The maximum atomic E-state index is 12.3. The van der Waals surface area contributed by atoms with E-state index in [9.17, 15) is 4.79 Å². The predicted molar refractivity (Wildman–Crippen MR) is 125 cm³/mol. The van der Waals surface area contributed by atoms with E-state index in [1.54, 1.807) is 18.2 Å². The van der Waals surface area contributed by atoms with Crippen LogP contribution >= 0.6 is 34.8 Å². The Bertz CT molecular complexity index is 1090. The lowest BCUT2D eigenvalue weighted by Gasteiger charge is -2.14. The molecule has 0 saturated heterocycles. The zero-order valence-corrected chi connectivity index (χ0v) is 18.8. The summed E-state index contributed by atoms with van der Waals surface area (Å²) in [6, 6.07) is 17.8. The van der Waals surface area contributed by atoms with Crippen molar-refractivity contribution in [2.24, 2.45) is 5.10 Å². The van der Waals surface area contributed by atoms with Crippen molar-refractivity contribution in [3.05, 3.63) is 92.4 Å². The van der Waals surface area contributed by atoms with Crippen molar-refractivity contribution in [2.45, 2.75) is 13.5 Å². The second-order valence-corrected chi connectivity index (χ2v) is 7.61. The molecule has 3 aromatic carbocycles. The van der Waals surface area contributed by atoms with Crippen molar-refractivity contribution in [3.63, 3.8) is 0 Å². The fraction of sp³-hybridized carbons (Fsp3) is 0.130. The molecule has 3 aromatic rings. The Morgan fingerprint density at radius 3 is 2.48 bits per heavy atom. The van der Waals surface area contributed by atoms with Crippen molar-refractivity contribution in [1.29, 1.82) is 0 Å². The van der Waals surface area contributed by atoms with Crippen LogP contribution in [0.4, 0.5) is 0 Å². The fourth-order valence-electron chi connectivity index (χ4n) is 2.69. The van der Waals surface area contributed by atoms with Crippen LogP contribution in [0.15, 0.2) is 65.8 Å². The minimum atomic E-state index is -0.461. The summed E-state index contributed by atoms with van der Waals surface area (Å²) in [6.07, 6.45) is 1.46. The zero-order chi connectivity index (χ0) is 22.2. The molecule has 0 unspecified atom stereocenters. The molecule has 3 rings (SSSR count). The molecule has 0 atom stereocenters. The van der Waals surface area contributed by atoms with E-state index in [1.807, 2.05) is 37.3 Å². The summed E-state index contributed by atoms with van der Waals surface area (Å²) in [7, 11) is 0. The van der Waals surface area contributed by atoms with Crippen LogP contribution in [0.5, 0.6) is 11.5 Å². The summed E-state index contributed by atoms with van der Waals surface area (Å²) >= 11 is 18.3. The standard InChI is InChI=1S/C23H19Cl3N2O3/c1-2-30-21-11-16(10-20(26)22(21)31-14-15-6-4-3-5-7-15)13-27-28-23(29)18-9-8-17(24)12-19(18)25/h3-13H,2,14H2,1H3,(H,28,29)/b27-13-. The van der Waals surface area contributed by atoms with Crippen molar-refractivity contribution in [2.75, 3.05) is 6.61 Å². The third kappa shape index (κ3) is 6.37. The summed E-state index contributed by atoms with van der Waals surface area (Å²) in [4.78, 5) is 12.3. The van der Waals surface area contributed by atoms with Gasteiger partial charge in [0.05, 0.1) is 28.4 Å². The van der Waals surface area contributed by atoms with Gasteiger partial charge in [-0.3, -0.25) is 4.79 Å². The Balaban J connectivity index is 1.73.